The number of anilines is 2. The standard InChI is InChI=1S/C23H22F2N8/c1-31-9-11-32(12-10-31)17-7-5-15(6-8-17)16-13-18(22(26)27-14-16)23-28-29-30-33(23)20-4-2-3-19(24)21(20)25/h2-8,13-14H,9-12H2,1H3,(H2,26,27). The van der Waals surface area contributed by atoms with Crippen LogP contribution in [-0.2, 0) is 0 Å². The zero-order chi connectivity index (χ0) is 22.9. The third-order valence-electron chi connectivity index (χ3n) is 5.86. The fourth-order valence-corrected chi connectivity index (χ4v) is 3.91. The first-order valence-electron chi connectivity index (χ1n) is 10.5. The normalized spacial score (nSPS) is 14.6. The predicted molar refractivity (Wildman–Crippen MR) is 122 cm³/mol. The lowest BCUT2D eigenvalue weighted by Gasteiger charge is -2.34. The Balaban J connectivity index is 1.48. The predicted octanol–water partition coefficient (Wildman–Crippen LogP) is 3.00. The highest BCUT2D eigenvalue weighted by molar-refractivity contribution is 5.77. The van der Waals surface area contributed by atoms with E-state index in [9.17, 15) is 8.78 Å². The summed E-state index contributed by atoms with van der Waals surface area (Å²) in [5.74, 6) is -1.69. The molecule has 2 aromatic heterocycles. The Labute approximate surface area is 189 Å². The highest BCUT2D eigenvalue weighted by atomic mass is 19.2. The molecule has 8 nitrogen and oxygen atoms in total. The lowest BCUT2D eigenvalue weighted by Crippen LogP contribution is -2.44. The van der Waals surface area contributed by atoms with Gasteiger partial charge < -0.3 is 15.5 Å². The molecule has 0 radical (unpaired) electrons. The monoisotopic (exact) mass is 448 g/mol. The Morgan fingerprint density at radius 3 is 2.45 bits per heavy atom. The number of piperazine rings is 1. The van der Waals surface area contributed by atoms with E-state index in [2.05, 4.69) is 49.5 Å². The van der Waals surface area contributed by atoms with E-state index in [1.54, 1.807) is 12.3 Å². The minimum atomic E-state index is -1.05. The molecule has 0 saturated carbocycles. The largest absolute Gasteiger partial charge is 0.383 e. The Morgan fingerprint density at radius 1 is 0.939 bits per heavy atom. The molecule has 33 heavy (non-hydrogen) atoms. The molecule has 5 rings (SSSR count). The number of tetrazole rings is 1. The van der Waals surface area contributed by atoms with Gasteiger partial charge in [-0.05, 0) is 53.4 Å². The van der Waals surface area contributed by atoms with Crippen LogP contribution >= 0.6 is 0 Å². The van der Waals surface area contributed by atoms with Crippen LogP contribution in [0.25, 0.3) is 28.2 Å². The van der Waals surface area contributed by atoms with Gasteiger partial charge in [0.05, 0.1) is 5.56 Å². The number of hydrogen-bond acceptors (Lipinski definition) is 7. The molecule has 3 heterocycles. The van der Waals surface area contributed by atoms with Crippen LogP contribution in [0, 0.1) is 11.6 Å². The van der Waals surface area contributed by atoms with Crippen molar-refractivity contribution in [3.8, 4) is 28.2 Å². The molecular weight excluding hydrogens is 426 g/mol. The van der Waals surface area contributed by atoms with Gasteiger partial charge in [0.25, 0.3) is 0 Å². The van der Waals surface area contributed by atoms with Crippen LogP contribution in [0.3, 0.4) is 0 Å². The van der Waals surface area contributed by atoms with Crippen molar-refractivity contribution in [3.05, 3.63) is 66.4 Å². The molecular formula is C23H22F2N8. The van der Waals surface area contributed by atoms with Crippen LogP contribution in [0.4, 0.5) is 20.3 Å². The number of pyridine rings is 1. The van der Waals surface area contributed by atoms with Gasteiger partial charge in [-0.2, -0.15) is 4.68 Å². The van der Waals surface area contributed by atoms with Gasteiger partial charge >= 0.3 is 0 Å². The minimum absolute atomic E-state index is 0.115. The van der Waals surface area contributed by atoms with Crippen molar-refractivity contribution in [1.29, 1.82) is 0 Å². The van der Waals surface area contributed by atoms with Gasteiger partial charge in [0.15, 0.2) is 17.5 Å². The number of hydrogen-bond donors (Lipinski definition) is 1. The van der Waals surface area contributed by atoms with E-state index in [0.29, 0.717) is 5.56 Å². The van der Waals surface area contributed by atoms with Crippen molar-refractivity contribution in [2.75, 3.05) is 43.9 Å². The number of nitrogens with two attached hydrogens (primary N) is 1. The zero-order valence-electron chi connectivity index (χ0n) is 18.0. The molecule has 1 aliphatic heterocycles. The average molecular weight is 448 g/mol. The molecule has 0 aliphatic carbocycles. The summed E-state index contributed by atoms with van der Waals surface area (Å²) >= 11 is 0. The van der Waals surface area contributed by atoms with Gasteiger partial charge in [-0.3, -0.25) is 0 Å². The molecule has 4 aromatic rings. The maximum absolute atomic E-state index is 14.4. The van der Waals surface area contributed by atoms with E-state index < -0.39 is 11.6 Å². The second-order valence-corrected chi connectivity index (χ2v) is 7.98. The highest BCUT2D eigenvalue weighted by Crippen LogP contribution is 2.31. The Morgan fingerprint density at radius 2 is 1.70 bits per heavy atom. The number of nitrogens with zero attached hydrogens (tertiary/aromatic N) is 7. The van der Waals surface area contributed by atoms with Crippen molar-refractivity contribution in [1.82, 2.24) is 30.1 Å². The number of rotatable bonds is 4. The minimum Gasteiger partial charge on any atom is -0.383 e. The maximum Gasteiger partial charge on any atom is 0.190 e. The first-order chi connectivity index (χ1) is 16.0. The molecule has 2 N–H and O–H groups in total. The molecule has 1 aliphatic rings. The lowest BCUT2D eigenvalue weighted by atomic mass is 10.0. The van der Waals surface area contributed by atoms with Gasteiger partial charge in [0.2, 0.25) is 0 Å². The van der Waals surface area contributed by atoms with Crippen molar-refractivity contribution < 1.29 is 8.78 Å². The van der Waals surface area contributed by atoms with E-state index >= 15 is 0 Å². The number of benzene rings is 2. The van der Waals surface area contributed by atoms with E-state index in [0.717, 1.165) is 48.1 Å². The highest BCUT2D eigenvalue weighted by Gasteiger charge is 2.20. The molecule has 168 valence electrons. The fourth-order valence-electron chi connectivity index (χ4n) is 3.91. The Kier molecular flexibility index (Phi) is 5.43. The number of halogens is 2. The zero-order valence-corrected chi connectivity index (χ0v) is 18.0. The summed E-state index contributed by atoms with van der Waals surface area (Å²) in [6.07, 6.45) is 1.67. The summed E-state index contributed by atoms with van der Waals surface area (Å²) in [5.41, 5.74) is 9.33. The molecule has 1 saturated heterocycles. The van der Waals surface area contributed by atoms with E-state index in [1.807, 2.05) is 12.1 Å². The quantitative estimate of drug-likeness (QED) is 0.513. The van der Waals surface area contributed by atoms with Crippen LogP contribution in [0.2, 0.25) is 0 Å². The van der Waals surface area contributed by atoms with Crippen LogP contribution in [0.1, 0.15) is 0 Å². The summed E-state index contributed by atoms with van der Waals surface area (Å²) < 4.78 is 29.2. The number of nitrogen functional groups attached to an aromatic ring is 1. The molecule has 0 amide bonds. The molecule has 1 fully saturated rings. The van der Waals surface area contributed by atoms with E-state index in [-0.39, 0.29) is 17.3 Å². The van der Waals surface area contributed by atoms with Crippen LogP contribution in [0.15, 0.2) is 54.7 Å². The maximum atomic E-state index is 14.4. The summed E-state index contributed by atoms with van der Waals surface area (Å²) in [7, 11) is 2.13. The van der Waals surface area contributed by atoms with E-state index in [4.69, 9.17) is 5.73 Å². The molecule has 0 spiro atoms. The summed E-state index contributed by atoms with van der Waals surface area (Å²) in [5, 5.41) is 11.5. The lowest BCUT2D eigenvalue weighted by molar-refractivity contribution is 0.313. The van der Waals surface area contributed by atoms with Crippen molar-refractivity contribution >= 4 is 11.5 Å². The molecule has 0 atom stereocenters. The second kappa shape index (κ2) is 8.55. The number of aromatic nitrogens is 5. The molecule has 0 unspecified atom stereocenters. The average Bonchev–Trinajstić information content (AvgIpc) is 3.31. The van der Waals surface area contributed by atoms with Gasteiger partial charge in [-0.1, -0.05) is 18.2 Å². The van der Waals surface area contributed by atoms with Gasteiger partial charge in [-0.25, -0.2) is 13.8 Å². The number of likely N-dealkylation sites (N-methyl/N-ethyl adjacent to an activating group) is 1. The van der Waals surface area contributed by atoms with Crippen LogP contribution < -0.4 is 10.6 Å². The summed E-state index contributed by atoms with van der Waals surface area (Å²) in [6.45, 7) is 4.05. The SMILES string of the molecule is CN1CCN(c2ccc(-c3cnc(N)c(-c4nnnn4-c4cccc(F)c4F)c3)cc2)CC1. The summed E-state index contributed by atoms with van der Waals surface area (Å²) in [6, 6.07) is 13.8. The fraction of sp³-hybridized carbons (Fsp3) is 0.217. The van der Waals surface area contributed by atoms with Crippen molar-refractivity contribution in [2.24, 2.45) is 0 Å². The van der Waals surface area contributed by atoms with Crippen LogP contribution in [-0.4, -0.2) is 63.3 Å². The first kappa shape index (κ1) is 21.0. The molecule has 0 bridgehead atoms. The third-order valence-corrected chi connectivity index (χ3v) is 5.86. The van der Waals surface area contributed by atoms with Crippen LogP contribution in [0.5, 0.6) is 0 Å². The Hall–Kier alpha value is -3.92. The summed E-state index contributed by atoms with van der Waals surface area (Å²) in [4.78, 5) is 8.97. The van der Waals surface area contributed by atoms with Gasteiger partial charge in [0.1, 0.15) is 11.5 Å². The topological polar surface area (TPSA) is 89.0 Å². The van der Waals surface area contributed by atoms with Gasteiger partial charge in [-0.15, -0.1) is 5.10 Å². The van der Waals surface area contributed by atoms with E-state index in [1.165, 1.54) is 17.8 Å². The Bertz CT molecular complexity index is 1280. The smallest absolute Gasteiger partial charge is 0.190 e. The van der Waals surface area contributed by atoms with Crippen molar-refractivity contribution in [2.45, 2.75) is 0 Å². The second-order valence-electron chi connectivity index (χ2n) is 7.98. The van der Waals surface area contributed by atoms with Crippen molar-refractivity contribution in [3.63, 3.8) is 0 Å². The third kappa shape index (κ3) is 4.00. The first-order valence-corrected chi connectivity index (χ1v) is 10.5. The molecule has 10 heteroatoms. The molecule has 2 aromatic carbocycles. The van der Waals surface area contributed by atoms with Gasteiger partial charge in [0, 0.05) is 43.6 Å².